The topological polar surface area (TPSA) is 67.4 Å². The Hall–Kier alpha value is -3.04. The van der Waals surface area contributed by atoms with E-state index in [4.69, 9.17) is 4.52 Å². The number of carbonyl (C=O) groups is 1. The molecule has 0 saturated carbocycles. The number of hydrogen-bond acceptors (Lipinski definition) is 3. The molecule has 2 N–H and O–H groups in total. The zero-order chi connectivity index (χ0) is 17.5. The van der Waals surface area contributed by atoms with Crippen molar-refractivity contribution in [2.45, 2.75) is 0 Å². The Morgan fingerprint density at radius 2 is 1.28 bits per heavy atom. The van der Waals surface area contributed by atoms with Crippen LogP contribution in [0.4, 0.5) is 5.69 Å². The third kappa shape index (κ3) is 4.72. The van der Waals surface area contributed by atoms with Crippen molar-refractivity contribution in [2.24, 2.45) is 0 Å². The summed E-state index contributed by atoms with van der Waals surface area (Å²) in [5.41, 5.74) is 0.976. The van der Waals surface area contributed by atoms with Gasteiger partial charge in [-0.25, -0.2) is 4.57 Å². The monoisotopic (exact) mass is 352 g/mol. The standard InChI is InChI=1S/C19H17N2O3P/c22-19(16-10-4-1-5-11-16)21-25(23,20-17-12-6-2-7-13-17)24-18-14-8-3-9-15-18/h1-15H,(H2,20,21,22,23). The van der Waals surface area contributed by atoms with Gasteiger partial charge in [-0.05, 0) is 36.4 Å². The van der Waals surface area contributed by atoms with Gasteiger partial charge in [-0.3, -0.25) is 15.0 Å². The highest BCUT2D eigenvalue weighted by molar-refractivity contribution is 7.59. The first-order valence-corrected chi connectivity index (χ1v) is 9.33. The normalized spacial score (nSPS) is 12.6. The van der Waals surface area contributed by atoms with Gasteiger partial charge in [-0.1, -0.05) is 54.6 Å². The summed E-state index contributed by atoms with van der Waals surface area (Å²) < 4.78 is 18.9. The molecule has 3 rings (SSSR count). The zero-order valence-electron chi connectivity index (χ0n) is 13.3. The van der Waals surface area contributed by atoms with Crippen LogP contribution in [-0.2, 0) is 4.57 Å². The molecule has 3 aromatic rings. The first kappa shape index (κ1) is 16.8. The van der Waals surface area contributed by atoms with Crippen LogP contribution in [0.2, 0.25) is 0 Å². The van der Waals surface area contributed by atoms with Crippen molar-refractivity contribution in [1.29, 1.82) is 0 Å². The van der Waals surface area contributed by atoms with Crippen molar-refractivity contribution < 1.29 is 13.9 Å². The molecule has 0 radical (unpaired) electrons. The lowest BCUT2D eigenvalue weighted by molar-refractivity contribution is 0.0978. The van der Waals surface area contributed by atoms with Gasteiger partial charge in [-0.2, -0.15) is 0 Å². The van der Waals surface area contributed by atoms with Gasteiger partial charge in [0.15, 0.2) is 0 Å². The van der Waals surface area contributed by atoms with Gasteiger partial charge in [0.2, 0.25) is 0 Å². The maximum atomic E-state index is 13.3. The van der Waals surface area contributed by atoms with Gasteiger partial charge in [0.1, 0.15) is 5.75 Å². The molecule has 1 atom stereocenters. The second-order valence-corrected chi connectivity index (χ2v) is 6.97. The predicted octanol–water partition coefficient (Wildman–Crippen LogP) is 4.72. The third-order valence-corrected chi connectivity index (χ3v) is 4.83. The van der Waals surface area contributed by atoms with Crippen LogP contribution in [0.25, 0.3) is 0 Å². The quantitative estimate of drug-likeness (QED) is 0.630. The third-order valence-electron chi connectivity index (χ3n) is 3.31. The van der Waals surface area contributed by atoms with Gasteiger partial charge < -0.3 is 4.52 Å². The Morgan fingerprint density at radius 1 is 0.760 bits per heavy atom. The molecule has 6 heteroatoms. The van der Waals surface area contributed by atoms with Crippen molar-refractivity contribution in [3.8, 4) is 5.75 Å². The number of carbonyl (C=O) groups excluding carboxylic acids is 1. The van der Waals surface area contributed by atoms with E-state index in [-0.39, 0.29) is 0 Å². The Labute approximate surface area is 146 Å². The van der Waals surface area contributed by atoms with Crippen LogP contribution in [0, 0.1) is 0 Å². The lowest BCUT2D eigenvalue weighted by Gasteiger charge is -2.21. The molecular formula is C19H17N2O3P. The average molecular weight is 352 g/mol. The minimum Gasteiger partial charge on any atom is -0.414 e. The number of benzene rings is 3. The molecule has 0 saturated heterocycles. The molecule has 126 valence electrons. The van der Waals surface area contributed by atoms with Gasteiger partial charge in [-0.15, -0.1) is 0 Å². The molecule has 0 aliphatic heterocycles. The summed E-state index contributed by atoms with van der Waals surface area (Å²) in [4.78, 5) is 12.4. The lowest BCUT2D eigenvalue weighted by atomic mass is 10.2. The van der Waals surface area contributed by atoms with Crippen LogP contribution in [0.15, 0.2) is 91.0 Å². The number of hydrogen-bond donors (Lipinski definition) is 2. The van der Waals surface area contributed by atoms with Crippen molar-refractivity contribution in [2.75, 3.05) is 5.09 Å². The second-order valence-electron chi connectivity index (χ2n) is 5.24. The highest BCUT2D eigenvalue weighted by Gasteiger charge is 2.28. The maximum absolute atomic E-state index is 13.3. The van der Waals surface area contributed by atoms with Crippen LogP contribution in [-0.4, -0.2) is 5.91 Å². The fraction of sp³-hybridized carbons (Fsp3) is 0. The second kappa shape index (κ2) is 7.69. The number of rotatable bonds is 6. The number of para-hydroxylation sites is 2. The fourth-order valence-corrected chi connectivity index (χ4v) is 3.63. The molecule has 25 heavy (non-hydrogen) atoms. The van der Waals surface area contributed by atoms with Gasteiger partial charge >= 0.3 is 7.67 Å². The van der Waals surface area contributed by atoms with Gasteiger partial charge in [0, 0.05) is 11.3 Å². The summed E-state index contributed by atoms with van der Waals surface area (Å²) in [6, 6.07) is 26.2. The van der Waals surface area contributed by atoms with E-state index in [2.05, 4.69) is 10.2 Å². The summed E-state index contributed by atoms with van der Waals surface area (Å²) in [7, 11) is -3.73. The fourth-order valence-electron chi connectivity index (χ4n) is 2.17. The van der Waals surface area contributed by atoms with E-state index < -0.39 is 13.6 Å². The molecule has 0 aromatic heterocycles. The molecule has 3 aromatic carbocycles. The molecule has 0 aliphatic carbocycles. The van der Waals surface area contributed by atoms with Gasteiger partial charge in [0.25, 0.3) is 5.91 Å². The average Bonchev–Trinajstić information content (AvgIpc) is 2.64. The van der Waals surface area contributed by atoms with E-state index in [0.717, 1.165) is 0 Å². The largest absolute Gasteiger partial charge is 0.446 e. The summed E-state index contributed by atoms with van der Waals surface area (Å²) in [5, 5.41) is 5.30. The Bertz CT molecular complexity index is 825. The van der Waals surface area contributed by atoms with E-state index >= 15 is 0 Å². The smallest absolute Gasteiger partial charge is 0.414 e. The lowest BCUT2D eigenvalue weighted by Crippen LogP contribution is -2.26. The minimum absolute atomic E-state index is 0.391. The molecule has 0 fully saturated rings. The Balaban J connectivity index is 1.85. The number of nitrogens with one attached hydrogen (secondary N) is 2. The molecule has 5 nitrogen and oxygen atoms in total. The number of amides is 1. The molecule has 0 aliphatic rings. The van der Waals surface area contributed by atoms with Crippen LogP contribution in [0.5, 0.6) is 5.75 Å². The molecule has 1 unspecified atom stereocenters. The zero-order valence-corrected chi connectivity index (χ0v) is 14.2. The van der Waals surface area contributed by atoms with Crippen molar-refractivity contribution >= 4 is 19.3 Å². The van der Waals surface area contributed by atoms with Crippen molar-refractivity contribution in [1.82, 2.24) is 5.09 Å². The molecule has 0 spiro atoms. The number of anilines is 1. The molecule has 1 amide bonds. The van der Waals surface area contributed by atoms with Crippen LogP contribution in [0.3, 0.4) is 0 Å². The molecular weight excluding hydrogens is 335 g/mol. The van der Waals surface area contributed by atoms with Crippen molar-refractivity contribution in [3.05, 3.63) is 96.6 Å². The first-order chi connectivity index (χ1) is 12.1. The summed E-state index contributed by atoms with van der Waals surface area (Å²) in [6.45, 7) is 0. The Morgan fingerprint density at radius 3 is 1.88 bits per heavy atom. The van der Waals surface area contributed by atoms with Crippen LogP contribution < -0.4 is 14.7 Å². The van der Waals surface area contributed by atoms with E-state index in [0.29, 0.717) is 17.0 Å². The summed E-state index contributed by atoms with van der Waals surface area (Å²) in [5.74, 6) is -0.0917. The summed E-state index contributed by atoms with van der Waals surface area (Å²) >= 11 is 0. The first-order valence-electron chi connectivity index (χ1n) is 7.70. The van der Waals surface area contributed by atoms with E-state index in [9.17, 15) is 9.36 Å². The highest BCUT2D eigenvalue weighted by atomic mass is 31.2. The predicted molar refractivity (Wildman–Crippen MR) is 98.6 cm³/mol. The Kier molecular flexibility index (Phi) is 5.17. The molecule has 0 bridgehead atoms. The van der Waals surface area contributed by atoms with Crippen LogP contribution >= 0.6 is 7.67 Å². The SMILES string of the molecule is O=C(NP(=O)(Nc1ccccc1)Oc1ccccc1)c1ccccc1. The molecule has 0 heterocycles. The van der Waals surface area contributed by atoms with Crippen molar-refractivity contribution in [3.63, 3.8) is 0 Å². The van der Waals surface area contributed by atoms with E-state index in [1.807, 2.05) is 12.1 Å². The summed E-state index contributed by atoms with van der Waals surface area (Å²) in [6.07, 6.45) is 0. The minimum atomic E-state index is -3.73. The maximum Gasteiger partial charge on any atom is 0.446 e. The highest BCUT2D eigenvalue weighted by Crippen LogP contribution is 2.43. The van der Waals surface area contributed by atoms with E-state index in [1.54, 1.807) is 78.9 Å². The van der Waals surface area contributed by atoms with Gasteiger partial charge in [0.05, 0.1) is 0 Å². The van der Waals surface area contributed by atoms with E-state index in [1.165, 1.54) is 0 Å². The van der Waals surface area contributed by atoms with Crippen LogP contribution in [0.1, 0.15) is 10.4 Å².